The van der Waals surface area contributed by atoms with Crippen LogP contribution in [-0.4, -0.2) is 35.0 Å². The van der Waals surface area contributed by atoms with Crippen molar-refractivity contribution in [3.63, 3.8) is 0 Å². The third kappa shape index (κ3) is 3.44. The normalized spacial score (nSPS) is 11.5. The van der Waals surface area contributed by atoms with Crippen LogP contribution < -0.4 is 5.32 Å². The first-order valence-electron chi connectivity index (χ1n) is 10.2. The lowest BCUT2D eigenvalue weighted by atomic mass is 10.0. The van der Waals surface area contributed by atoms with Gasteiger partial charge in [0, 0.05) is 34.8 Å². The number of tetrazole rings is 1. The Morgan fingerprint density at radius 2 is 2.00 bits per heavy atom. The smallest absolute Gasteiger partial charge is 0.205 e. The van der Waals surface area contributed by atoms with Crippen LogP contribution in [0.2, 0.25) is 0 Å². The van der Waals surface area contributed by atoms with Gasteiger partial charge < -0.3 is 9.73 Å². The second kappa shape index (κ2) is 7.82. The third-order valence-corrected chi connectivity index (χ3v) is 6.23. The zero-order chi connectivity index (χ0) is 22.4. The van der Waals surface area contributed by atoms with Crippen LogP contribution in [0.5, 0.6) is 0 Å². The predicted molar refractivity (Wildman–Crippen MR) is 128 cm³/mol. The van der Waals surface area contributed by atoms with E-state index >= 15 is 0 Å². The molecule has 0 unspecified atom stereocenters. The molecule has 0 atom stereocenters. The summed E-state index contributed by atoms with van der Waals surface area (Å²) in [6.07, 6.45) is 3.51. The SMILES string of the molecule is Cc1cc(NCc2ccc3oc(-c4ccccc4-c4nn[nH]n4)c(Br)c3c2)n2cncc2n1. The largest absolute Gasteiger partial charge is 0.455 e. The summed E-state index contributed by atoms with van der Waals surface area (Å²) in [5.41, 5.74) is 5.38. The van der Waals surface area contributed by atoms with E-state index in [4.69, 9.17) is 4.42 Å². The average Bonchev–Trinajstić information content (AvgIpc) is 3.58. The van der Waals surface area contributed by atoms with E-state index in [0.29, 0.717) is 12.4 Å². The van der Waals surface area contributed by atoms with Crippen LogP contribution in [-0.2, 0) is 6.54 Å². The molecule has 0 radical (unpaired) electrons. The molecular formula is C23H17BrN8O. The summed E-state index contributed by atoms with van der Waals surface area (Å²) in [7, 11) is 0. The Labute approximate surface area is 196 Å². The van der Waals surface area contributed by atoms with Crippen molar-refractivity contribution in [1.82, 2.24) is 35.0 Å². The Morgan fingerprint density at radius 1 is 1.12 bits per heavy atom. The Hall–Kier alpha value is -4.05. The summed E-state index contributed by atoms with van der Waals surface area (Å²) in [5.74, 6) is 2.18. The van der Waals surface area contributed by atoms with E-state index in [1.807, 2.05) is 47.7 Å². The van der Waals surface area contributed by atoms with Crippen LogP contribution in [0.3, 0.4) is 0 Å². The molecule has 6 rings (SSSR count). The molecular weight excluding hydrogens is 484 g/mol. The maximum atomic E-state index is 6.23. The van der Waals surface area contributed by atoms with Gasteiger partial charge in [0.2, 0.25) is 5.82 Å². The van der Waals surface area contributed by atoms with Crippen LogP contribution in [0.4, 0.5) is 5.82 Å². The quantitative estimate of drug-likeness (QED) is 0.342. The first kappa shape index (κ1) is 19.6. The fraction of sp³-hybridized carbons (Fsp3) is 0.0870. The number of fused-ring (bicyclic) bond motifs is 2. The van der Waals surface area contributed by atoms with Gasteiger partial charge in [-0.15, -0.1) is 10.2 Å². The van der Waals surface area contributed by atoms with E-state index in [0.717, 1.165) is 55.1 Å². The Bertz CT molecular complexity index is 1600. The maximum absolute atomic E-state index is 6.23. The number of aryl methyl sites for hydroxylation is 1. The number of furan rings is 1. The van der Waals surface area contributed by atoms with E-state index < -0.39 is 0 Å². The molecule has 4 heterocycles. The van der Waals surface area contributed by atoms with Gasteiger partial charge in [0.05, 0.1) is 10.7 Å². The van der Waals surface area contributed by atoms with Crippen LogP contribution in [0, 0.1) is 6.92 Å². The first-order chi connectivity index (χ1) is 16.2. The van der Waals surface area contributed by atoms with Crippen molar-refractivity contribution in [3.8, 4) is 22.7 Å². The van der Waals surface area contributed by atoms with Crippen LogP contribution in [0.25, 0.3) is 39.3 Å². The molecule has 0 amide bonds. The van der Waals surface area contributed by atoms with Crippen molar-refractivity contribution in [1.29, 1.82) is 0 Å². The highest BCUT2D eigenvalue weighted by Gasteiger charge is 2.19. The molecule has 6 aromatic rings. The standard InChI is InChI=1S/C23H17BrN8O/c1-13-8-19(32-12-25-11-20(32)27-13)26-10-14-6-7-18-17(9-14)21(24)22(33-18)15-4-2-3-5-16(15)23-28-30-31-29-23/h2-9,11-12,26H,10H2,1H3,(H,28,29,30,31). The van der Waals surface area contributed by atoms with Gasteiger partial charge in [-0.25, -0.2) is 9.97 Å². The molecule has 0 aliphatic heterocycles. The molecule has 2 aromatic carbocycles. The second-order valence-corrected chi connectivity index (χ2v) is 8.41. The lowest BCUT2D eigenvalue weighted by Gasteiger charge is -2.10. The first-order valence-corrected chi connectivity index (χ1v) is 11.0. The number of imidazole rings is 1. The molecule has 2 N–H and O–H groups in total. The molecule has 9 nitrogen and oxygen atoms in total. The van der Waals surface area contributed by atoms with Gasteiger partial charge in [-0.3, -0.25) is 4.40 Å². The molecule has 162 valence electrons. The van der Waals surface area contributed by atoms with Crippen LogP contribution >= 0.6 is 15.9 Å². The molecule has 0 aliphatic rings. The molecule has 0 fully saturated rings. The number of halogens is 1. The van der Waals surface area contributed by atoms with E-state index in [1.165, 1.54) is 0 Å². The maximum Gasteiger partial charge on any atom is 0.205 e. The third-order valence-electron chi connectivity index (χ3n) is 5.44. The number of nitrogens with one attached hydrogen (secondary N) is 2. The van der Waals surface area contributed by atoms with Gasteiger partial charge in [0.1, 0.15) is 23.5 Å². The van der Waals surface area contributed by atoms with Crippen molar-refractivity contribution in [2.75, 3.05) is 5.32 Å². The molecule has 33 heavy (non-hydrogen) atoms. The number of benzene rings is 2. The number of aromatic nitrogens is 7. The van der Waals surface area contributed by atoms with Crippen molar-refractivity contribution < 1.29 is 4.42 Å². The number of hydrogen-bond donors (Lipinski definition) is 2. The van der Waals surface area contributed by atoms with Gasteiger partial charge in [-0.05, 0) is 45.8 Å². The lowest BCUT2D eigenvalue weighted by Crippen LogP contribution is -2.05. The minimum Gasteiger partial charge on any atom is -0.455 e. The fourth-order valence-corrected chi connectivity index (χ4v) is 4.52. The van der Waals surface area contributed by atoms with Crippen molar-refractivity contribution >= 4 is 38.4 Å². The Kier molecular flexibility index (Phi) is 4.65. The minimum absolute atomic E-state index is 0.515. The highest BCUT2D eigenvalue weighted by molar-refractivity contribution is 9.10. The predicted octanol–water partition coefficient (Wildman–Crippen LogP) is 5.01. The topological polar surface area (TPSA) is 110 Å². The van der Waals surface area contributed by atoms with Crippen LogP contribution in [0.15, 0.2) is 69.9 Å². The summed E-state index contributed by atoms with van der Waals surface area (Å²) in [5, 5.41) is 18.9. The second-order valence-electron chi connectivity index (χ2n) is 7.61. The van der Waals surface area contributed by atoms with E-state index in [9.17, 15) is 0 Å². The van der Waals surface area contributed by atoms with Crippen molar-refractivity contribution in [2.24, 2.45) is 0 Å². The van der Waals surface area contributed by atoms with E-state index in [1.54, 1.807) is 12.5 Å². The van der Waals surface area contributed by atoms with E-state index in [2.05, 4.69) is 64.0 Å². The zero-order valence-electron chi connectivity index (χ0n) is 17.5. The molecule has 10 heteroatoms. The van der Waals surface area contributed by atoms with E-state index in [-0.39, 0.29) is 0 Å². The van der Waals surface area contributed by atoms with Gasteiger partial charge in [-0.1, -0.05) is 30.3 Å². The summed E-state index contributed by atoms with van der Waals surface area (Å²) >= 11 is 3.75. The molecule has 0 saturated carbocycles. The van der Waals surface area contributed by atoms with Crippen LogP contribution in [0.1, 0.15) is 11.3 Å². The number of aromatic amines is 1. The van der Waals surface area contributed by atoms with Gasteiger partial charge in [0.15, 0.2) is 5.65 Å². The molecule has 0 aliphatic carbocycles. The monoisotopic (exact) mass is 500 g/mol. The zero-order valence-corrected chi connectivity index (χ0v) is 19.0. The molecule has 4 aromatic heterocycles. The number of hydrogen-bond acceptors (Lipinski definition) is 7. The average molecular weight is 501 g/mol. The summed E-state index contributed by atoms with van der Waals surface area (Å²) in [6.45, 7) is 2.61. The molecule has 0 spiro atoms. The summed E-state index contributed by atoms with van der Waals surface area (Å²) in [6, 6.07) is 16.0. The van der Waals surface area contributed by atoms with Crippen molar-refractivity contribution in [2.45, 2.75) is 13.5 Å². The van der Waals surface area contributed by atoms with Gasteiger partial charge in [0.25, 0.3) is 0 Å². The summed E-state index contributed by atoms with van der Waals surface area (Å²) in [4.78, 5) is 8.68. The lowest BCUT2D eigenvalue weighted by molar-refractivity contribution is 0.630. The number of rotatable bonds is 5. The van der Waals surface area contributed by atoms with Gasteiger partial charge in [-0.2, -0.15) is 5.21 Å². The highest BCUT2D eigenvalue weighted by Crippen LogP contribution is 2.41. The van der Waals surface area contributed by atoms with Crippen molar-refractivity contribution in [3.05, 3.63) is 76.8 Å². The number of anilines is 1. The Morgan fingerprint density at radius 3 is 2.85 bits per heavy atom. The Balaban J connectivity index is 1.35. The number of nitrogens with zero attached hydrogens (tertiary/aromatic N) is 6. The minimum atomic E-state index is 0.515. The number of H-pyrrole nitrogens is 1. The van der Waals surface area contributed by atoms with Gasteiger partial charge >= 0.3 is 0 Å². The summed E-state index contributed by atoms with van der Waals surface area (Å²) < 4.78 is 9.05. The molecule has 0 bridgehead atoms. The highest BCUT2D eigenvalue weighted by atomic mass is 79.9. The fourth-order valence-electron chi connectivity index (χ4n) is 3.92. The molecule has 0 saturated heterocycles.